The molecule has 0 saturated carbocycles. The van der Waals surface area contributed by atoms with Gasteiger partial charge in [-0.15, -0.1) is 13.2 Å². The fourth-order valence-corrected chi connectivity index (χ4v) is 4.26. The number of ether oxygens (including phenoxy) is 3. The van der Waals surface area contributed by atoms with Crippen LogP contribution in [0.2, 0.25) is 0 Å². The number of fused-ring (bicyclic) bond motifs is 1. The van der Waals surface area contributed by atoms with E-state index in [4.69, 9.17) is 9.47 Å². The Kier molecular flexibility index (Phi) is 6.83. The van der Waals surface area contributed by atoms with Crippen molar-refractivity contribution in [3.05, 3.63) is 58.7 Å². The van der Waals surface area contributed by atoms with Gasteiger partial charge in [0.2, 0.25) is 0 Å². The summed E-state index contributed by atoms with van der Waals surface area (Å²) in [5.74, 6) is 0.358. The fraction of sp³-hybridized carbons (Fsp3) is 0.478. The van der Waals surface area contributed by atoms with Gasteiger partial charge in [0.25, 0.3) is 0 Å². The summed E-state index contributed by atoms with van der Waals surface area (Å²) < 4.78 is 54.3. The largest absolute Gasteiger partial charge is 0.573 e. The molecule has 1 fully saturated rings. The molecule has 5 atom stereocenters. The van der Waals surface area contributed by atoms with E-state index in [1.54, 1.807) is 12.1 Å². The number of halogens is 3. The topological polar surface area (TPSA) is 109 Å². The van der Waals surface area contributed by atoms with E-state index >= 15 is 0 Å². The van der Waals surface area contributed by atoms with Crippen LogP contribution < -0.4 is 9.47 Å². The number of rotatable bonds is 5. The molecule has 2 aliphatic heterocycles. The quantitative estimate of drug-likeness (QED) is 0.530. The van der Waals surface area contributed by atoms with Gasteiger partial charge in [-0.3, -0.25) is 0 Å². The molecule has 0 spiro atoms. The molecule has 0 aromatic heterocycles. The molecule has 4 rings (SSSR count). The first-order valence-corrected chi connectivity index (χ1v) is 10.6. The van der Waals surface area contributed by atoms with E-state index in [0.717, 1.165) is 35.8 Å². The zero-order valence-electron chi connectivity index (χ0n) is 17.5. The van der Waals surface area contributed by atoms with Gasteiger partial charge in [0.05, 0.1) is 13.2 Å². The Bertz CT molecular complexity index is 979. The average molecular weight is 470 g/mol. The predicted molar refractivity (Wildman–Crippen MR) is 109 cm³/mol. The monoisotopic (exact) mass is 470 g/mol. The summed E-state index contributed by atoms with van der Waals surface area (Å²) >= 11 is 0. The Hall–Kier alpha value is -2.37. The van der Waals surface area contributed by atoms with Gasteiger partial charge in [0.1, 0.15) is 42.0 Å². The van der Waals surface area contributed by atoms with Crippen LogP contribution in [0.15, 0.2) is 36.4 Å². The summed E-state index contributed by atoms with van der Waals surface area (Å²) in [5.41, 5.74) is 2.19. The van der Waals surface area contributed by atoms with Gasteiger partial charge in [0, 0.05) is 6.42 Å². The standard InChI is InChI=1S/C23H25F3O7/c24-23(25,26)33-17-6-4-14(22-21(30)20(29)19(28)18(11-27)32-22)10-15(17)9-12-3-5-16-13(8-12)2-1-7-31-16/h3-6,8,10,18-22,27-30H,1-2,7,9,11H2/t18-,19-,20+,21-,22+/m1/s1. The number of alkyl halides is 3. The highest BCUT2D eigenvalue weighted by atomic mass is 19.4. The van der Waals surface area contributed by atoms with Gasteiger partial charge >= 0.3 is 6.36 Å². The van der Waals surface area contributed by atoms with Crippen molar-refractivity contribution in [2.75, 3.05) is 13.2 Å². The molecule has 7 nitrogen and oxygen atoms in total. The Morgan fingerprint density at radius 2 is 1.79 bits per heavy atom. The highest BCUT2D eigenvalue weighted by molar-refractivity contribution is 5.45. The number of aliphatic hydroxyl groups is 4. The number of aryl methyl sites for hydroxylation is 1. The highest BCUT2D eigenvalue weighted by Crippen LogP contribution is 2.37. The predicted octanol–water partition coefficient (Wildman–Crippen LogP) is 2.02. The van der Waals surface area contributed by atoms with Crippen molar-refractivity contribution in [1.82, 2.24) is 0 Å². The molecule has 33 heavy (non-hydrogen) atoms. The van der Waals surface area contributed by atoms with Gasteiger partial charge in [-0.2, -0.15) is 0 Å². The Labute approximate surface area is 188 Å². The van der Waals surface area contributed by atoms with Crippen LogP contribution in [0.1, 0.15) is 34.8 Å². The molecule has 0 unspecified atom stereocenters. The van der Waals surface area contributed by atoms with Gasteiger partial charge < -0.3 is 34.6 Å². The molecule has 10 heteroatoms. The van der Waals surface area contributed by atoms with Crippen molar-refractivity contribution in [1.29, 1.82) is 0 Å². The smallest absolute Gasteiger partial charge is 0.493 e. The number of hydrogen-bond donors (Lipinski definition) is 4. The first-order valence-electron chi connectivity index (χ1n) is 10.6. The molecule has 0 aliphatic carbocycles. The third-order valence-electron chi connectivity index (χ3n) is 5.90. The summed E-state index contributed by atoms with van der Waals surface area (Å²) in [6.07, 6.45) is -10.1. The van der Waals surface area contributed by atoms with E-state index in [0.29, 0.717) is 6.61 Å². The second kappa shape index (κ2) is 9.47. The molecule has 2 aliphatic rings. The Morgan fingerprint density at radius 1 is 1.00 bits per heavy atom. The van der Waals surface area contributed by atoms with Crippen molar-refractivity contribution in [2.24, 2.45) is 0 Å². The fourth-order valence-electron chi connectivity index (χ4n) is 4.26. The maximum absolute atomic E-state index is 13.0. The van der Waals surface area contributed by atoms with Crippen LogP contribution in [0.5, 0.6) is 11.5 Å². The van der Waals surface area contributed by atoms with Crippen LogP contribution in [-0.4, -0.2) is 64.4 Å². The van der Waals surface area contributed by atoms with Gasteiger partial charge in [-0.05, 0) is 53.3 Å². The zero-order chi connectivity index (χ0) is 23.8. The summed E-state index contributed by atoms with van der Waals surface area (Å²) in [5, 5.41) is 39.9. The average Bonchev–Trinajstić information content (AvgIpc) is 2.78. The van der Waals surface area contributed by atoms with E-state index in [2.05, 4.69) is 4.74 Å². The van der Waals surface area contributed by atoms with E-state index in [-0.39, 0.29) is 17.5 Å². The normalized spacial score (nSPS) is 27.5. The van der Waals surface area contributed by atoms with Crippen LogP contribution in [-0.2, 0) is 17.6 Å². The molecule has 0 radical (unpaired) electrons. The van der Waals surface area contributed by atoms with Crippen LogP contribution in [0.3, 0.4) is 0 Å². The molecular formula is C23H25F3O7. The minimum Gasteiger partial charge on any atom is -0.493 e. The summed E-state index contributed by atoms with van der Waals surface area (Å²) in [6, 6.07) is 9.26. The Balaban J connectivity index is 1.67. The van der Waals surface area contributed by atoms with Crippen LogP contribution in [0.4, 0.5) is 13.2 Å². The first-order chi connectivity index (χ1) is 15.7. The number of hydrogen-bond acceptors (Lipinski definition) is 7. The molecule has 0 amide bonds. The van der Waals surface area contributed by atoms with E-state index in [1.807, 2.05) is 6.07 Å². The maximum Gasteiger partial charge on any atom is 0.573 e. The molecule has 2 aromatic carbocycles. The van der Waals surface area contributed by atoms with Gasteiger partial charge in [-0.25, -0.2) is 0 Å². The molecule has 2 heterocycles. The van der Waals surface area contributed by atoms with Crippen molar-refractivity contribution in [3.63, 3.8) is 0 Å². The third-order valence-corrected chi connectivity index (χ3v) is 5.90. The van der Waals surface area contributed by atoms with Crippen LogP contribution >= 0.6 is 0 Å². The lowest BCUT2D eigenvalue weighted by atomic mass is 9.89. The molecule has 2 aromatic rings. The molecule has 180 valence electrons. The minimum atomic E-state index is -4.90. The molecular weight excluding hydrogens is 445 g/mol. The maximum atomic E-state index is 13.0. The second-order valence-corrected chi connectivity index (χ2v) is 8.24. The molecule has 0 bridgehead atoms. The van der Waals surface area contributed by atoms with Crippen LogP contribution in [0.25, 0.3) is 0 Å². The zero-order valence-corrected chi connectivity index (χ0v) is 17.5. The van der Waals surface area contributed by atoms with Crippen molar-refractivity contribution in [2.45, 2.75) is 56.1 Å². The third kappa shape index (κ3) is 5.25. The highest BCUT2D eigenvalue weighted by Gasteiger charge is 2.44. The van der Waals surface area contributed by atoms with Gasteiger partial charge in [0.15, 0.2) is 0 Å². The van der Waals surface area contributed by atoms with E-state index in [1.165, 1.54) is 12.1 Å². The summed E-state index contributed by atoms with van der Waals surface area (Å²) in [7, 11) is 0. The number of aliphatic hydroxyl groups excluding tert-OH is 4. The van der Waals surface area contributed by atoms with E-state index < -0.39 is 49.2 Å². The second-order valence-electron chi connectivity index (χ2n) is 8.24. The van der Waals surface area contributed by atoms with Crippen molar-refractivity contribution < 1.29 is 47.8 Å². The number of benzene rings is 2. The van der Waals surface area contributed by atoms with Gasteiger partial charge in [-0.1, -0.05) is 18.2 Å². The molecule has 1 saturated heterocycles. The first kappa shape index (κ1) is 23.8. The summed E-state index contributed by atoms with van der Waals surface area (Å²) in [6.45, 7) is 0.0117. The van der Waals surface area contributed by atoms with Crippen molar-refractivity contribution in [3.8, 4) is 11.5 Å². The summed E-state index contributed by atoms with van der Waals surface area (Å²) in [4.78, 5) is 0. The lowest BCUT2D eigenvalue weighted by molar-refractivity contribution is -0.274. The Morgan fingerprint density at radius 3 is 2.52 bits per heavy atom. The van der Waals surface area contributed by atoms with Crippen molar-refractivity contribution >= 4 is 0 Å². The SMILES string of the molecule is OC[C@H]1O[C@@H](c2ccc(OC(F)(F)F)c(Cc3ccc4c(c3)CCCO4)c2)[C@H](O)[C@@H](O)[C@@H]1O. The van der Waals surface area contributed by atoms with E-state index in [9.17, 15) is 33.6 Å². The lowest BCUT2D eigenvalue weighted by Crippen LogP contribution is -2.55. The van der Waals surface area contributed by atoms with Crippen LogP contribution in [0, 0.1) is 0 Å². The molecule has 4 N–H and O–H groups in total. The lowest BCUT2D eigenvalue weighted by Gasteiger charge is -2.40. The minimum absolute atomic E-state index is 0.101.